The third kappa shape index (κ3) is 2.33. The van der Waals surface area contributed by atoms with Gasteiger partial charge in [0.2, 0.25) is 0 Å². The Labute approximate surface area is 69.1 Å². The Morgan fingerprint density at radius 3 is 3.10 bits per heavy atom. The van der Waals surface area contributed by atoms with E-state index in [1.165, 1.54) is 0 Å². The first-order valence-electron chi connectivity index (χ1n) is 2.83. The molecule has 0 saturated heterocycles. The fourth-order valence-corrected chi connectivity index (χ4v) is 1.24. The SMILES string of the molecule is NC(=S)CNc1ccsc1. The zero-order chi connectivity index (χ0) is 7.40. The summed E-state index contributed by atoms with van der Waals surface area (Å²) in [6, 6.07) is 1.99. The van der Waals surface area contributed by atoms with Gasteiger partial charge >= 0.3 is 0 Å². The molecule has 4 heteroatoms. The summed E-state index contributed by atoms with van der Waals surface area (Å²) in [6.07, 6.45) is 0. The highest BCUT2D eigenvalue weighted by atomic mass is 32.1. The lowest BCUT2D eigenvalue weighted by Crippen LogP contribution is -2.19. The van der Waals surface area contributed by atoms with Crippen LogP contribution in [0.3, 0.4) is 0 Å². The highest BCUT2D eigenvalue weighted by Gasteiger charge is 1.90. The normalized spacial score (nSPS) is 9.20. The molecule has 1 heterocycles. The van der Waals surface area contributed by atoms with Crippen LogP contribution in [0, 0.1) is 0 Å². The van der Waals surface area contributed by atoms with Crippen molar-refractivity contribution in [3.63, 3.8) is 0 Å². The average Bonchev–Trinajstić information content (AvgIpc) is 2.34. The van der Waals surface area contributed by atoms with E-state index in [1.54, 1.807) is 11.3 Å². The number of hydrogen-bond donors (Lipinski definition) is 2. The third-order valence-corrected chi connectivity index (χ3v) is 1.82. The van der Waals surface area contributed by atoms with Crippen LogP contribution in [-0.4, -0.2) is 11.5 Å². The van der Waals surface area contributed by atoms with Crippen LogP contribution in [0.2, 0.25) is 0 Å². The molecule has 0 amide bonds. The van der Waals surface area contributed by atoms with Crippen molar-refractivity contribution in [1.29, 1.82) is 0 Å². The van der Waals surface area contributed by atoms with Crippen LogP contribution in [-0.2, 0) is 0 Å². The Kier molecular flexibility index (Phi) is 2.65. The maximum Gasteiger partial charge on any atom is 0.0921 e. The maximum atomic E-state index is 5.28. The molecule has 0 aliphatic heterocycles. The van der Waals surface area contributed by atoms with Crippen molar-refractivity contribution >= 4 is 34.2 Å². The zero-order valence-electron chi connectivity index (χ0n) is 5.33. The van der Waals surface area contributed by atoms with Crippen LogP contribution in [0.15, 0.2) is 16.8 Å². The Balaban J connectivity index is 2.35. The number of anilines is 1. The highest BCUT2D eigenvalue weighted by Crippen LogP contribution is 2.10. The molecule has 0 radical (unpaired) electrons. The minimum Gasteiger partial charge on any atom is -0.392 e. The van der Waals surface area contributed by atoms with E-state index in [2.05, 4.69) is 17.5 Å². The minimum atomic E-state index is 0.492. The molecule has 10 heavy (non-hydrogen) atoms. The number of nitrogens with two attached hydrogens (primary N) is 1. The third-order valence-electron chi connectivity index (χ3n) is 0.988. The topological polar surface area (TPSA) is 38.0 Å². The molecule has 0 bridgehead atoms. The predicted octanol–water partition coefficient (Wildman–Crippen LogP) is 1.45. The summed E-state index contributed by atoms with van der Waals surface area (Å²) < 4.78 is 0. The van der Waals surface area contributed by atoms with Crippen molar-refractivity contribution < 1.29 is 0 Å². The predicted molar refractivity (Wildman–Crippen MR) is 49.6 cm³/mol. The summed E-state index contributed by atoms with van der Waals surface area (Å²) >= 11 is 6.33. The summed E-state index contributed by atoms with van der Waals surface area (Å²) in [5.74, 6) is 0. The molecule has 0 saturated carbocycles. The number of hydrogen-bond acceptors (Lipinski definition) is 3. The Morgan fingerprint density at radius 2 is 2.60 bits per heavy atom. The van der Waals surface area contributed by atoms with Gasteiger partial charge in [0.05, 0.1) is 11.5 Å². The van der Waals surface area contributed by atoms with Crippen molar-refractivity contribution in [3.8, 4) is 0 Å². The van der Waals surface area contributed by atoms with Crippen molar-refractivity contribution in [2.45, 2.75) is 0 Å². The molecular weight excluding hydrogens is 164 g/mol. The van der Waals surface area contributed by atoms with Gasteiger partial charge in [-0.3, -0.25) is 0 Å². The van der Waals surface area contributed by atoms with Crippen LogP contribution < -0.4 is 11.1 Å². The Bertz CT molecular complexity index is 206. The van der Waals surface area contributed by atoms with E-state index in [0.717, 1.165) is 5.69 Å². The van der Waals surface area contributed by atoms with Crippen molar-refractivity contribution in [3.05, 3.63) is 16.8 Å². The number of thiophene rings is 1. The Morgan fingerprint density at radius 1 is 1.80 bits per heavy atom. The van der Waals surface area contributed by atoms with Gasteiger partial charge in [-0.1, -0.05) is 12.2 Å². The maximum absolute atomic E-state index is 5.28. The zero-order valence-corrected chi connectivity index (χ0v) is 6.97. The van der Waals surface area contributed by atoms with Gasteiger partial charge in [0, 0.05) is 11.1 Å². The Hall–Kier alpha value is -0.610. The van der Waals surface area contributed by atoms with Crippen LogP contribution in [0.25, 0.3) is 0 Å². The van der Waals surface area contributed by atoms with Gasteiger partial charge in [-0.25, -0.2) is 0 Å². The van der Waals surface area contributed by atoms with Crippen LogP contribution in [0.1, 0.15) is 0 Å². The molecule has 2 nitrogen and oxygen atoms in total. The van der Waals surface area contributed by atoms with E-state index in [0.29, 0.717) is 11.5 Å². The van der Waals surface area contributed by atoms with E-state index >= 15 is 0 Å². The minimum absolute atomic E-state index is 0.492. The van der Waals surface area contributed by atoms with E-state index < -0.39 is 0 Å². The van der Waals surface area contributed by atoms with E-state index in [4.69, 9.17) is 5.73 Å². The van der Waals surface area contributed by atoms with Crippen LogP contribution >= 0.6 is 23.6 Å². The lowest BCUT2D eigenvalue weighted by molar-refractivity contribution is 1.40. The standard InChI is InChI=1S/C6H8N2S2/c7-6(9)3-8-5-1-2-10-4-5/h1-2,4,8H,3H2,(H2,7,9). The molecule has 0 aliphatic carbocycles. The highest BCUT2D eigenvalue weighted by molar-refractivity contribution is 7.80. The lowest BCUT2D eigenvalue weighted by atomic mass is 10.5. The lowest BCUT2D eigenvalue weighted by Gasteiger charge is -1.99. The van der Waals surface area contributed by atoms with Crippen LogP contribution in [0.5, 0.6) is 0 Å². The van der Waals surface area contributed by atoms with Crippen molar-refractivity contribution in [2.24, 2.45) is 5.73 Å². The molecule has 1 rings (SSSR count). The molecular formula is C6H8N2S2. The molecule has 0 aromatic carbocycles. The average molecular weight is 172 g/mol. The first kappa shape index (κ1) is 7.50. The van der Waals surface area contributed by atoms with Gasteiger partial charge in [-0.15, -0.1) is 0 Å². The smallest absolute Gasteiger partial charge is 0.0921 e. The van der Waals surface area contributed by atoms with Crippen LogP contribution in [0.4, 0.5) is 5.69 Å². The summed E-state index contributed by atoms with van der Waals surface area (Å²) in [4.78, 5) is 0.492. The van der Waals surface area contributed by atoms with E-state index in [-0.39, 0.29) is 0 Å². The molecule has 54 valence electrons. The molecule has 0 fully saturated rings. The second-order valence-electron chi connectivity index (χ2n) is 1.83. The molecule has 0 atom stereocenters. The molecule has 1 aromatic heterocycles. The fraction of sp³-hybridized carbons (Fsp3) is 0.167. The molecule has 1 aromatic rings. The van der Waals surface area contributed by atoms with Gasteiger partial charge in [-0.2, -0.15) is 11.3 Å². The van der Waals surface area contributed by atoms with Gasteiger partial charge in [-0.05, 0) is 11.4 Å². The fourth-order valence-electron chi connectivity index (χ4n) is 0.554. The second-order valence-corrected chi connectivity index (χ2v) is 3.14. The van der Waals surface area contributed by atoms with Gasteiger partial charge in [0.15, 0.2) is 0 Å². The molecule has 0 unspecified atom stereocenters. The number of thiocarbonyl (C=S) groups is 1. The van der Waals surface area contributed by atoms with Gasteiger partial charge in [0.1, 0.15) is 0 Å². The summed E-state index contributed by atoms with van der Waals surface area (Å²) in [6.45, 7) is 0.575. The second kappa shape index (κ2) is 3.53. The van der Waals surface area contributed by atoms with E-state index in [1.807, 2.05) is 16.8 Å². The van der Waals surface area contributed by atoms with Gasteiger partial charge in [0.25, 0.3) is 0 Å². The number of nitrogens with one attached hydrogen (secondary N) is 1. The first-order valence-corrected chi connectivity index (χ1v) is 4.18. The first-order chi connectivity index (χ1) is 4.79. The number of rotatable bonds is 3. The van der Waals surface area contributed by atoms with Crippen molar-refractivity contribution in [2.75, 3.05) is 11.9 Å². The quantitative estimate of drug-likeness (QED) is 0.678. The monoisotopic (exact) mass is 172 g/mol. The molecule has 0 spiro atoms. The summed E-state index contributed by atoms with van der Waals surface area (Å²) in [5, 5.41) is 7.08. The summed E-state index contributed by atoms with van der Waals surface area (Å²) in [5.41, 5.74) is 6.36. The largest absolute Gasteiger partial charge is 0.392 e. The van der Waals surface area contributed by atoms with Crippen molar-refractivity contribution in [1.82, 2.24) is 0 Å². The molecule has 3 N–H and O–H groups in total. The summed E-state index contributed by atoms with van der Waals surface area (Å²) in [7, 11) is 0. The van der Waals surface area contributed by atoms with Gasteiger partial charge < -0.3 is 11.1 Å². The molecule has 0 aliphatic rings. The van der Waals surface area contributed by atoms with E-state index in [9.17, 15) is 0 Å².